The molecule has 22 heavy (non-hydrogen) atoms. The van der Waals surface area contributed by atoms with Crippen molar-refractivity contribution < 1.29 is 9.53 Å². The molecule has 0 bridgehead atoms. The number of pyridine rings is 1. The Morgan fingerprint density at radius 1 is 1.41 bits per heavy atom. The summed E-state index contributed by atoms with van der Waals surface area (Å²) in [5, 5.41) is 1.27. The second-order valence-corrected chi connectivity index (χ2v) is 7.15. The maximum Gasteiger partial charge on any atom is 0.410 e. The van der Waals surface area contributed by atoms with Gasteiger partial charge in [-0.2, -0.15) is 0 Å². The number of likely N-dealkylation sites (tertiary alicyclic amines) is 1. The fourth-order valence-electron chi connectivity index (χ4n) is 2.98. The number of carbonyl (C=O) groups excluding carboxylic acids is 1. The molecular formula is C17H23N3O2. The van der Waals surface area contributed by atoms with Crippen molar-refractivity contribution in [2.24, 2.45) is 5.92 Å². The molecule has 0 unspecified atom stereocenters. The van der Waals surface area contributed by atoms with E-state index in [4.69, 9.17) is 4.74 Å². The Hall–Kier alpha value is -2.04. The zero-order valence-electron chi connectivity index (χ0n) is 13.6. The third-order valence-electron chi connectivity index (χ3n) is 3.98. The number of nitrogens with one attached hydrogen (secondary N) is 1. The summed E-state index contributed by atoms with van der Waals surface area (Å²) in [4.78, 5) is 21.2. The van der Waals surface area contributed by atoms with Gasteiger partial charge in [0.25, 0.3) is 0 Å². The van der Waals surface area contributed by atoms with Gasteiger partial charge in [-0.25, -0.2) is 4.79 Å². The molecule has 1 aliphatic heterocycles. The van der Waals surface area contributed by atoms with E-state index >= 15 is 0 Å². The lowest BCUT2D eigenvalue weighted by Crippen LogP contribution is -2.52. The first-order chi connectivity index (χ1) is 10.3. The van der Waals surface area contributed by atoms with Crippen LogP contribution < -0.4 is 0 Å². The molecule has 2 aromatic rings. The second-order valence-electron chi connectivity index (χ2n) is 7.15. The lowest BCUT2D eigenvalue weighted by Gasteiger charge is -2.39. The number of nitrogens with zero attached hydrogens (tertiary/aromatic N) is 2. The number of hydrogen-bond donors (Lipinski definition) is 1. The molecule has 0 aromatic carbocycles. The van der Waals surface area contributed by atoms with Gasteiger partial charge in [0.2, 0.25) is 0 Å². The molecule has 0 spiro atoms. The number of H-pyrrole nitrogens is 1. The molecule has 5 nitrogen and oxygen atoms in total. The lowest BCUT2D eigenvalue weighted by molar-refractivity contribution is -0.000834. The Balaban J connectivity index is 1.61. The molecule has 0 saturated carbocycles. The fourth-order valence-corrected chi connectivity index (χ4v) is 2.98. The lowest BCUT2D eigenvalue weighted by atomic mass is 9.92. The van der Waals surface area contributed by atoms with Crippen molar-refractivity contribution in [1.29, 1.82) is 0 Å². The summed E-state index contributed by atoms with van der Waals surface area (Å²) in [7, 11) is 0. The summed E-state index contributed by atoms with van der Waals surface area (Å²) in [5.41, 5.74) is 3.16. The summed E-state index contributed by atoms with van der Waals surface area (Å²) >= 11 is 0. The third kappa shape index (κ3) is 2.93. The summed E-state index contributed by atoms with van der Waals surface area (Å²) in [6, 6.07) is 0. The minimum atomic E-state index is -0.427. The van der Waals surface area contributed by atoms with Gasteiger partial charge in [0.05, 0.1) is 11.7 Å². The van der Waals surface area contributed by atoms with Gasteiger partial charge in [0.15, 0.2) is 0 Å². The first kappa shape index (κ1) is 14.9. The van der Waals surface area contributed by atoms with E-state index < -0.39 is 5.60 Å². The van der Waals surface area contributed by atoms with Gasteiger partial charge < -0.3 is 14.6 Å². The third-order valence-corrected chi connectivity index (χ3v) is 3.98. The van der Waals surface area contributed by atoms with Crippen LogP contribution in [0.3, 0.4) is 0 Å². The SMILES string of the molecule is Cc1cncc2[nH]cc(CC3CN(C(=O)OC(C)(C)C)C3)c12. The monoisotopic (exact) mass is 301 g/mol. The van der Waals surface area contributed by atoms with Gasteiger partial charge in [-0.3, -0.25) is 4.98 Å². The molecule has 1 amide bonds. The van der Waals surface area contributed by atoms with Crippen LogP contribution in [0.1, 0.15) is 31.9 Å². The molecule has 1 saturated heterocycles. The number of carbonyl (C=O) groups is 1. The van der Waals surface area contributed by atoms with E-state index in [-0.39, 0.29) is 6.09 Å². The van der Waals surface area contributed by atoms with Gasteiger partial charge in [-0.05, 0) is 51.2 Å². The first-order valence-corrected chi connectivity index (χ1v) is 7.72. The highest BCUT2D eigenvalue weighted by molar-refractivity contribution is 5.85. The van der Waals surface area contributed by atoms with Crippen LogP contribution >= 0.6 is 0 Å². The van der Waals surface area contributed by atoms with Gasteiger partial charge >= 0.3 is 6.09 Å². The second kappa shape index (κ2) is 5.30. The van der Waals surface area contributed by atoms with Crippen molar-refractivity contribution in [2.45, 2.75) is 39.7 Å². The van der Waals surface area contributed by atoms with Crippen LogP contribution in [-0.4, -0.2) is 39.7 Å². The smallest absolute Gasteiger partial charge is 0.410 e. The van der Waals surface area contributed by atoms with Crippen molar-refractivity contribution in [3.8, 4) is 0 Å². The Labute approximate surface area is 130 Å². The van der Waals surface area contributed by atoms with Crippen LogP contribution in [0.5, 0.6) is 0 Å². The average molecular weight is 301 g/mol. The number of aromatic nitrogens is 2. The minimum Gasteiger partial charge on any atom is -0.444 e. The van der Waals surface area contributed by atoms with Gasteiger partial charge in [0.1, 0.15) is 5.60 Å². The van der Waals surface area contributed by atoms with Crippen molar-refractivity contribution in [3.05, 3.63) is 29.7 Å². The molecule has 118 valence electrons. The summed E-state index contributed by atoms with van der Waals surface area (Å²) in [6.07, 6.45) is 6.59. The molecule has 2 aromatic heterocycles. The fraction of sp³-hybridized carbons (Fsp3) is 0.529. The minimum absolute atomic E-state index is 0.206. The molecule has 0 aliphatic carbocycles. The quantitative estimate of drug-likeness (QED) is 0.926. The standard InChI is InChI=1S/C17H23N3O2/c1-11-6-18-8-14-15(11)13(7-19-14)5-12-9-20(10-12)16(21)22-17(2,3)4/h6-8,12,19H,5,9-10H2,1-4H3. The van der Waals surface area contributed by atoms with Crippen LogP contribution in [0.15, 0.2) is 18.6 Å². The number of fused-ring (bicyclic) bond motifs is 1. The van der Waals surface area contributed by atoms with E-state index in [1.807, 2.05) is 33.2 Å². The normalized spacial score (nSPS) is 15.9. The predicted molar refractivity (Wildman–Crippen MR) is 85.8 cm³/mol. The van der Waals surface area contributed by atoms with Crippen molar-refractivity contribution in [2.75, 3.05) is 13.1 Å². The number of hydrogen-bond acceptors (Lipinski definition) is 3. The molecule has 3 rings (SSSR count). The van der Waals surface area contributed by atoms with E-state index in [1.54, 1.807) is 4.90 Å². The number of amides is 1. The summed E-state index contributed by atoms with van der Waals surface area (Å²) < 4.78 is 5.39. The Morgan fingerprint density at radius 2 is 2.14 bits per heavy atom. The number of aryl methyl sites for hydroxylation is 1. The van der Waals surface area contributed by atoms with Crippen LogP contribution in [0.25, 0.3) is 10.9 Å². The van der Waals surface area contributed by atoms with Crippen LogP contribution in [0, 0.1) is 12.8 Å². The van der Waals surface area contributed by atoms with Crippen molar-refractivity contribution >= 4 is 17.0 Å². The van der Waals surface area contributed by atoms with E-state index in [0.29, 0.717) is 5.92 Å². The Bertz CT molecular complexity index is 693. The zero-order chi connectivity index (χ0) is 15.9. The highest BCUT2D eigenvalue weighted by Crippen LogP contribution is 2.27. The maximum absolute atomic E-state index is 11.9. The van der Waals surface area contributed by atoms with Gasteiger partial charge in [0, 0.05) is 30.9 Å². The molecule has 0 radical (unpaired) electrons. The molecule has 1 fully saturated rings. The van der Waals surface area contributed by atoms with Crippen molar-refractivity contribution in [1.82, 2.24) is 14.9 Å². The van der Waals surface area contributed by atoms with E-state index in [0.717, 1.165) is 25.0 Å². The van der Waals surface area contributed by atoms with Gasteiger partial charge in [-0.1, -0.05) is 0 Å². The topological polar surface area (TPSA) is 58.2 Å². The van der Waals surface area contributed by atoms with Crippen LogP contribution in [0.4, 0.5) is 4.79 Å². The molecule has 5 heteroatoms. The number of ether oxygens (including phenoxy) is 1. The molecular weight excluding hydrogens is 278 g/mol. The molecule has 1 aliphatic rings. The van der Waals surface area contributed by atoms with Crippen LogP contribution in [-0.2, 0) is 11.2 Å². The summed E-state index contributed by atoms with van der Waals surface area (Å²) in [5.74, 6) is 0.499. The largest absolute Gasteiger partial charge is 0.444 e. The van der Waals surface area contributed by atoms with E-state index in [9.17, 15) is 4.79 Å². The number of rotatable bonds is 2. The molecule has 0 atom stereocenters. The van der Waals surface area contributed by atoms with Crippen molar-refractivity contribution in [3.63, 3.8) is 0 Å². The average Bonchev–Trinajstić information content (AvgIpc) is 2.75. The van der Waals surface area contributed by atoms with Gasteiger partial charge in [-0.15, -0.1) is 0 Å². The molecule has 1 N–H and O–H groups in total. The van der Waals surface area contributed by atoms with E-state index in [1.165, 1.54) is 16.5 Å². The molecule has 3 heterocycles. The van der Waals surface area contributed by atoms with Crippen LogP contribution in [0.2, 0.25) is 0 Å². The zero-order valence-corrected chi connectivity index (χ0v) is 13.6. The Kier molecular flexibility index (Phi) is 3.59. The Morgan fingerprint density at radius 3 is 2.82 bits per heavy atom. The first-order valence-electron chi connectivity index (χ1n) is 7.72. The predicted octanol–water partition coefficient (Wildman–Crippen LogP) is 3.28. The summed E-state index contributed by atoms with van der Waals surface area (Å²) in [6.45, 7) is 9.30. The number of aromatic amines is 1. The van der Waals surface area contributed by atoms with E-state index in [2.05, 4.69) is 23.1 Å². The maximum atomic E-state index is 11.9. The highest BCUT2D eigenvalue weighted by Gasteiger charge is 2.34. The highest BCUT2D eigenvalue weighted by atomic mass is 16.6.